The van der Waals surface area contributed by atoms with Crippen LogP contribution in [0.25, 0.3) is 0 Å². The van der Waals surface area contributed by atoms with E-state index in [0.29, 0.717) is 6.54 Å². The first kappa shape index (κ1) is 10.2. The normalized spacial score (nSPS) is 12.5. The highest BCUT2D eigenvalue weighted by Gasteiger charge is 2.11. The fraction of sp³-hybridized carbons (Fsp3) is 0.500. The predicted octanol–water partition coefficient (Wildman–Crippen LogP) is 1.03. The zero-order chi connectivity index (χ0) is 9.84. The quantitative estimate of drug-likeness (QED) is 0.865. The zero-order valence-electron chi connectivity index (χ0n) is 7.62. The second kappa shape index (κ2) is 4.41. The smallest absolute Gasteiger partial charge is 0.224 e. The van der Waals surface area contributed by atoms with Crippen LogP contribution < -0.4 is 5.32 Å². The Labute approximate surface area is 85.4 Å². The molecule has 5 heteroatoms. The molecule has 1 rings (SSSR count). The average Bonchev–Trinajstić information content (AvgIpc) is 2.49. The molecule has 0 aliphatic rings. The van der Waals surface area contributed by atoms with Crippen LogP contribution in [0.5, 0.6) is 0 Å². The topological polar surface area (TPSA) is 46.9 Å². The van der Waals surface area contributed by atoms with Crippen molar-refractivity contribution in [3.8, 4) is 0 Å². The van der Waals surface area contributed by atoms with Crippen molar-refractivity contribution >= 4 is 21.8 Å². The van der Waals surface area contributed by atoms with E-state index in [2.05, 4.69) is 26.3 Å². The Hall–Kier alpha value is -0.840. The fourth-order valence-corrected chi connectivity index (χ4v) is 1.38. The van der Waals surface area contributed by atoms with Crippen molar-refractivity contribution in [1.82, 2.24) is 15.1 Å². The first-order valence-corrected chi connectivity index (χ1v) is 4.82. The summed E-state index contributed by atoms with van der Waals surface area (Å²) in [4.78, 5) is 11.2. The van der Waals surface area contributed by atoms with Crippen LogP contribution in [0.15, 0.2) is 16.9 Å². The molecule has 0 saturated heterocycles. The van der Waals surface area contributed by atoms with Crippen molar-refractivity contribution in [2.24, 2.45) is 5.92 Å². The van der Waals surface area contributed by atoms with Crippen molar-refractivity contribution in [3.63, 3.8) is 0 Å². The monoisotopic (exact) mass is 245 g/mol. The molecule has 1 atom stereocenters. The molecule has 1 amide bonds. The van der Waals surface area contributed by atoms with E-state index in [-0.39, 0.29) is 11.8 Å². The second-order valence-corrected chi connectivity index (χ2v) is 3.81. The minimum absolute atomic E-state index is 0.0339. The second-order valence-electron chi connectivity index (χ2n) is 2.90. The molecule has 72 valence electrons. The van der Waals surface area contributed by atoms with E-state index in [0.717, 1.165) is 4.47 Å². The van der Waals surface area contributed by atoms with Crippen LogP contribution in [-0.4, -0.2) is 22.7 Å². The van der Waals surface area contributed by atoms with Gasteiger partial charge in [0.25, 0.3) is 0 Å². The van der Waals surface area contributed by atoms with Gasteiger partial charge in [-0.1, -0.05) is 6.92 Å². The van der Waals surface area contributed by atoms with Gasteiger partial charge in [-0.25, -0.2) is 0 Å². The molecule has 4 nitrogen and oxygen atoms in total. The molecule has 1 N–H and O–H groups in total. The number of halogens is 1. The van der Waals surface area contributed by atoms with Gasteiger partial charge in [0.15, 0.2) is 0 Å². The molecule has 0 saturated carbocycles. The van der Waals surface area contributed by atoms with Gasteiger partial charge >= 0.3 is 0 Å². The Morgan fingerprint density at radius 1 is 1.85 bits per heavy atom. The molecule has 1 aromatic heterocycles. The van der Waals surface area contributed by atoms with Gasteiger partial charge in [0.05, 0.1) is 23.1 Å². The Kier molecular flexibility index (Phi) is 3.48. The first-order valence-electron chi connectivity index (χ1n) is 4.03. The maximum atomic E-state index is 11.2. The van der Waals surface area contributed by atoms with Crippen molar-refractivity contribution in [1.29, 1.82) is 0 Å². The number of carbonyl (C=O) groups excluding carboxylic acids is 1. The maximum absolute atomic E-state index is 11.2. The number of hydrogen-bond donors (Lipinski definition) is 1. The molecule has 0 aliphatic carbocycles. The van der Waals surface area contributed by atoms with Crippen LogP contribution in [0.4, 0.5) is 0 Å². The fourth-order valence-electron chi connectivity index (χ4n) is 1.05. The average molecular weight is 246 g/mol. The number of amides is 1. The molecule has 0 bridgehead atoms. The van der Waals surface area contributed by atoms with Crippen molar-refractivity contribution < 1.29 is 4.79 Å². The SMILES string of the molecule is CNC(=O)C(C)Cn1cc(Br)cn1. The highest BCUT2D eigenvalue weighted by molar-refractivity contribution is 9.10. The lowest BCUT2D eigenvalue weighted by atomic mass is 10.2. The standard InChI is InChI=1S/C8H12BrN3O/c1-6(8(13)10-2)4-12-5-7(9)3-11-12/h3,5-6H,4H2,1-2H3,(H,10,13). The lowest BCUT2D eigenvalue weighted by Gasteiger charge is -2.08. The van der Waals surface area contributed by atoms with Crippen LogP contribution in [0, 0.1) is 5.92 Å². The van der Waals surface area contributed by atoms with E-state index >= 15 is 0 Å². The number of nitrogens with one attached hydrogen (secondary N) is 1. The third-order valence-corrected chi connectivity index (χ3v) is 2.17. The van der Waals surface area contributed by atoms with E-state index in [1.807, 2.05) is 13.1 Å². The van der Waals surface area contributed by atoms with Gasteiger partial charge in [-0.15, -0.1) is 0 Å². The van der Waals surface area contributed by atoms with Gasteiger partial charge in [0, 0.05) is 13.2 Å². The summed E-state index contributed by atoms with van der Waals surface area (Å²) >= 11 is 3.29. The van der Waals surface area contributed by atoms with Gasteiger partial charge in [0.1, 0.15) is 0 Å². The van der Waals surface area contributed by atoms with E-state index < -0.39 is 0 Å². The van der Waals surface area contributed by atoms with E-state index in [9.17, 15) is 4.79 Å². The summed E-state index contributed by atoms with van der Waals surface area (Å²) in [6.07, 6.45) is 3.55. The highest BCUT2D eigenvalue weighted by Crippen LogP contribution is 2.08. The van der Waals surface area contributed by atoms with Crippen LogP contribution in [0.3, 0.4) is 0 Å². The number of rotatable bonds is 3. The summed E-state index contributed by atoms with van der Waals surface area (Å²) < 4.78 is 2.67. The molecular weight excluding hydrogens is 234 g/mol. The Balaban J connectivity index is 2.54. The van der Waals surface area contributed by atoms with E-state index in [4.69, 9.17) is 0 Å². The number of nitrogens with zero attached hydrogens (tertiary/aromatic N) is 2. The number of carbonyl (C=O) groups is 1. The van der Waals surface area contributed by atoms with Crippen molar-refractivity contribution in [2.45, 2.75) is 13.5 Å². The van der Waals surface area contributed by atoms with Gasteiger partial charge in [-0.05, 0) is 15.9 Å². The van der Waals surface area contributed by atoms with Crippen LogP contribution >= 0.6 is 15.9 Å². The third-order valence-electron chi connectivity index (χ3n) is 1.76. The molecule has 0 fully saturated rings. The van der Waals surface area contributed by atoms with E-state index in [1.165, 1.54) is 0 Å². The first-order chi connectivity index (χ1) is 6.13. The summed E-state index contributed by atoms with van der Waals surface area (Å²) in [5.74, 6) is -0.0246. The largest absolute Gasteiger partial charge is 0.359 e. The predicted molar refractivity (Wildman–Crippen MR) is 53.2 cm³/mol. The maximum Gasteiger partial charge on any atom is 0.224 e. The molecule has 1 aromatic rings. The lowest BCUT2D eigenvalue weighted by Crippen LogP contribution is -2.28. The molecule has 0 spiro atoms. The highest BCUT2D eigenvalue weighted by atomic mass is 79.9. The van der Waals surface area contributed by atoms with Gasteiger partial charge in [-0.2, -0.15) is 5.10 Å². The minimum Gasteiger partial charge on any atom is -0.359 e. The summed E-state index contributed by atoms with van der Waals surface area (Å²) in [7, 11) is 1.64. The summed E-state index contributed by atoms with van der Waals surface area (Å²) in [6, 6.07) is 0. The van der Waals surface area contributed by atoms with Crippen molar-refractivity contribution in [3.05, 3.63) is 16.9 Å². The van der Waals surface area contributed by atoms with Crippen LogP contribution in [0.2, 0.25) is 0 Å². The molecular formula is C8H12BrN3O. The number of aromatic nitrogens is 2. The lowest BCUT2D eigenvalue weighted by molar-refractivity contribution is -0.124. The minimum atomic E-state index is -0.0585. The van der Waals surface area contributed by atoms with Gasteiger partial charge in [0.2, 0.25) is 5.91 Å². The molecule has 1 heterocycles. The molecule has 0 aromatic carbocycles. The van der Waals surface area contributed by atoms with Gasteiger partial charge in [-0.3, -0.25) is 9.48 Å². The Morgan fingerprint density at radius 2 is 2.54 bits per heavy atom. The van der Waals surface area contributed by atoms with Gasteiger partial charge < -0.3 is 5.32 Å². The zero-order valence-corrected chi connectivity index (χ0v) is 9.21. The summed E-state index contributed by atoms with van der Waals surface area (Å²) in [5, 5.41) is 6.66. The van der Waals surface area contributed by atoms with E-state index in [1.54, 1.807) is 17.9 Å². The summed E-state index contributed by atoms with van der Waals surface area (Å²) in [6.45, 7) is 2.47. The Morgan fingerprint density at radius 3 is 3.00 bits per heavy atom. The third kappa shape index (κ3) is 2.84. The molecule has 0 aliphatic heterocycles. The number of hydrogen-bond acceptors (Lipinski definition) is 2. The van der Waals surface area contributed by atoms with Crippen LogP contribution in [0.1, 0.15) is 6.92 Å². The molecule has 13 heavy (non-hydrogen) atoms. The molecule has 1 unspecified atom stereocenters. The Bertz CT molecular complexity index is 297. The van der Waals surface area contributed by atoms with Crippen LogP contribution in [-0.2, 0) is 11.3 Å². The molecule has 0 radical (unpaired) electrons. The van der Waals surface area contributed by atoms with Crippen molar-refractivity contribution in [2.75, 3.05) is 7.05 Å². The summed E-state index contributed by atoms with van der Waals surface area (Å²) in [5.41, 5.74) is 0.